The highest BCUT2D eigenvalue weighted by Gasteiger charge is 2.18. The number of aromatic nitrogens is 5. The van der Waals surface area contributed by atoms with Gasteiger partial charge < -0.3 is 25.6 Å². The molecule has 10 heteroatoms. The fourth-order valence-corrected chi connectivity index (χ4v) is 4.47. The van der Waals surface area contributed by atoms with Gasteiger partial charge in [-0.1, -0.05) is 0 Å². The average molecular weight is 470 g/mol. The van der Waals surface area contributed by atoms with E-state index >= 15 is 0 Å². The second-order valence-electron chi connectivity index (χ2n) is 8.68. The lowest BCUT2D eigenvalue weighted by Gasteiger charge is -2.28. The van der Waals surface area contributed by atoms with Crippen LogP contribution in [0, 0.1) is 0 Å². The van der Waals surface area contributed by atoms with Gasteiger partial charge in [0, 0.05) is 67.0 Å². The van der Waals surface area contributed by atoms with Gasteiger partial charge in [0.05, 0.1) is 24.9 Å². The van der Waals surface area contributed by atoms with E-state index in [0.29, 0.717) is 17.7 Å². The van der Waals surface area contributed by atoms with Crippen molar-refractivity contribution >= 4 is 34.0 Å². The molecule has 2 aliphatic rings. The molecule has 2 saturated heterocycles. The fourth-order valence-electron chi connectivity index (χ4n) is 4.47. The molecule has 10 nitrogen and oxygen atoms in total. The smallest absolute Gasteiger partial charge is 0.162 e. The Balaban J connectivity index is 1.28. The van der Waals surface area contributed by atoms with Crippen molar-refractivity contribution in [2.75, 3.05) is 54.9 Å². The molecule has 178 valence electrons. The van der Waals surface area contributed by atoms with Gasteiger partial charge in [0.2, 0.25) is 0 Å². The van der Waals surface area contributed by atoms with Gasteiger partial charge in [-0.05, 0) is 37.2 Å². The maximum Gasteiger partial charge on any atom is 0.162 e. The third-order valence-corrected chi connectivity index (χ3v) is 6.29. The van der Waals surface area contributed by atoms with Crippen molar-refractivity contribution in [1.29, 1.82) is 0 Å². The lowest BCUT2D eigenvalue weighted by Crippen LogP contribution is -2.36. The zero-order valence-electron chi connectivity index (χ0n) is 19.3. The number of nitrogens with zero attached hydrogens (tertiary/aromatic N) is 6. The number of hydrogen-bond acceptors (Lipinski definition) is 10. The van der Waals surface area contributed by atoms with Crippen molar-refractivity contribution in [3.05, 3.63) is 55.1 Å². The minimum Gasteiger partial charge on any atom is -0.378 e. The molecule has 6 rings (SSSR count). The van der Waals surface area contributed by atoms with Gasteiger partial charge >= 0.3 is 0 Å². The molecule has 2 fully saturated rings. The first kappa shape index (κ1) is 21.6. The van der Waals surface area contributed by atoms with Gasteiger partial charge in [0.25, 0.3) is 0 Å². The number of morpholine rings is 1. The Morgan fingerprint density at radius 2 is 1.83 bits per heavy atom. The van der Waals surface area contributed by atoms with Crippen LogP contribution in [0.5, 0.6) is 0 Å². The molecule has 3 N–H and O–H groups in total. The largest absolute Gasteiger partial charge is 0.378 e. The molecule has 0 radical (unpaired) electrons. The van der Waals surface area contributed by atoms with Crippen LogP contribution >= 0.6 is 0 Å². The van der Waals surface area contributed by atoms with E-state index in [9.17, 15) is 0 Å². The summed E-state index contributed by atoms with van der Waals surface area (Å²) in [6, 6.07) is 10.2. The Kier molecular flexibility index (Phi) is 6.04. The van der Waals surface area contributed by atoms with Crippen LogP contribution in [-0.4, -0.2) is 70.4 Å². The molecule has 2 aliphatic heterocycles. The summed E-state index contributed by atoms with van der Waals surface area (Å²) >= 11 is 0. The van der Waals surface area contributed by atoms with Crippen LogP contribution < -0.4 is 20.9 Å². The molecule has 0 spiro atoms. The quantitative estimate of drug-likeness (QED) is 0.390. The van der Waals surface area contributed by atoms with E-state index in [2.05, 4.69) is 35.8 Å². The van der Waals surface area contributed by atoms with Gasteiger partial charge in [0.15, 0.2) is 5.82 Å². The Bertz CT molecular complexity index is 1320. The molecule has 0 aliphatic carbocycles. The van der Waals surface area contributed by atoms with Crippen LogP contribution in [-0.2, 0) is 4.74 Å². The van der Waals surface area contributed by atoms with Gasteiger partial charge in [-0.3, -0.25) is 4.98 Å². The molecule has 1 atom stereocenters. The number of ether oxygens (including phenoxy) is 1. The molecule has 0 aromatic carbocycles. The zero-order chi connectivity index (χ0) is 23.5. The Morgan fingerprint density at radius 1 is 0.971 bits per heavy atom. The van der Waals surface area contributed by atoms with Crippen LogP contribution in [0.4, 0.5) is 23.1 Å². The Morgan fingerprint density at radius 3 is 2.69 bits per heavy atom. The maximum absolute atomic E-state index is 5.47. The predicted octanol–water partition coefficient (Wildman–Crippen LogP) is 2.84. The standard InChI is InChI=1S/C25H27N9O/c1-7-28-22(32-23-14-19(3-8-29-23)34-9-11-35-12-10-34)13-17(1)24-31-21-16-27-6-4-20(21)25(33-24)30-18-2-5-26-15-18/h1,3-4,6-8,13-14,16,18,26H,2,5,9-12,15H2,(H,28,29,32)(H,30,31,33). The van der Waals surface area contributed by atoms with E-state index in [-0.39, 0.29) is 0 Å². The van der Waals surface area contributed by atoms with Crippen molar-refractivity contribution in [2.45, 2.75) is 12.5 Å². The molecular formula is C25H27N9O. The van der Waals surface area contributed by atoms with Crippen molar-refractivity contribution in [2.24, 2.45) is 0 Å². The maximum atomic E-state index is 5.47. The van der Waals surface area contributed by atoms with Gasteiger partial charge in [-0.25, -0.2) is 19.9 Å². The van der Waals surface area contributed by atoms with E-state index in [1.54, 1.807) is 18.6 Å². The SMILES string of the molecule is c1cc2c(NC3CCNC3)nc(-c3ccnc(Nc4cc(N5CCOCC5)ccn4)c3)nc2cn1. The summed E-state index contributed by atoms with van der Waals surface area (Å²) in [5.41, 5.74) is 2.78. The van der Waals surface area contributed by atoms with Crippen molar-refractivity contribution < 1.29 is 4.74 Å². The summed E-state index contributed by atoms with van der Waals surface area (Å²) in [5.74, 6) is 2.86. The predicted molar refractivity (Wildman–Crippen MR) is 136 cm³/mol. The van der Waals surface area contributed by atoms with E-state index in [1.807, 2.05) is 36.5 Å². The minimum absolute atomic E-state index is 0.341. The van der Waals surface area contributed by atoms with E-state index in [0.717, 1.165) is 79.6 Å². The Labute approximate surface area is 203 Å². The second-order valence-corrected chi connectivity index (χ2v) is 8.68. The van der Waals surface area contributed by atoms with E-state index in [1.165, 1.54) is 0 Å². The lowest BCUT2D eigenvalue weighted by atomic mass is 10.2. The average Bonchev–Trinajstić information content (AvgIpc) is 3.43. The first-order chi connectivity index (χ1) is 17.3. The van der Waals surface area contributed by atoms with E-state index in [4.69, 9.17) is 14.7 Å². The summed E-state index contributed by atoms with van der Waals surface area (Å²) in [7, 11) is 0. The van der Waals surface area contributed by atoms with Crippen LogP contribution in [0.3, 0.4) is 0 Å². The Hall–Kier alpha value is -3.89. The molecule has 35 heavy (non-hydrogen) atoms. The van der Waals surface area contributed by atoms with Crippen molar-refractivity contribution in [1.82, 2.24) is 30.2 Å². The van der Waals surface area contributed by atoms with Crippen LogP contribution in [0.2, 0.25) is 0 Å². The third kappa shape index (κ3) is 4.84. The molecular weight excluding hydrogens is 442 g/mol. The summed E-state index contributed by atoms with van der Waals surface area (Å²) in [6.07, 6.45) is 8.18. The van der Waals surface area contributed by atoms with Crippen LogP contribution in [0.1, 0.15) is 6.42 Å². The number of fused-ring (bicyclic) bond motifs is 1. The molecule has 4 aromatic heterocycles. The molecule has 0 amide bonds. The molecule has 0 bridgehead atoms. The lowest BCUT2D eigenvalue weighted by molar-refractivity contribution is 0.122. The number of hydrogen-bond donors (Lipinski definition) is 3. The molecule has 4 aromatic rings. The third-order valence-electron chi connectivity index (χ3n) is 6.29. The highest BCUT2D eigenvalue weighted by atomic mass is 16.5. The first-order valence-corrected chi connectivity index (χ1v) is 11.9. The van der Waals surface area contributed by atoms with Gasteiger partial charge in [-0.15, -0.1) is 0 Å². The zero-order valence-corrected chi connectivity index (χ0v) is 19.3. The normalized spacial score (nSPS) is 18.1. The summed E-state index contributed by atoms with van der Waals surface area (Å²) in [5, 5.41) is 11.3. The number of nitrogens with one attached hydrogen (secondary N) is 3. The van der Waals surface area contributed by atoms with Crippen LogP contribution in [0.25, 0.3) is 22.3 Å². The van der Waals surface area contributed by atoms with Crippen LogP contribution in [0.15, 0.2) is 55.1 Å². The number of anilines is 4. The highest BCUT2D eigenvalue weighted by Crippen LogP contribution is 2.27. The summed E-state index contributed by atoms with van der Waals surface area (Å²) < 4.78 is 5.47. The monoisotopic (exact) mass is 469 g/mol. The summed E-state index contributed by atoms with van der Waals surface area (Å²) in [6.45, 7) is 5.16. The molecule has 6 heterocycles. The fraction of sp³-hybridized carbons (Fsp3) is 0.320. The number of pyridine rings is 3. The minimum atomic E-state index is 0.341. The molecule has 0 saturated carbocycles. The summed E-state index contributed by atoms with van der Waals surface area (Å²) in [4.78, 5) is 25.2. The highest BCUT2D eigenvalue weighted by molar-refractivity contribution is 5.90. The topological polar surface area (TPSA) is 113 Å². The van der Waals surface area contributed by atoms with Crippen molar-refractivity contribution in [3.63, 3.8) is 0 Å². The molecule has 1 unspecified atom stereocenters. The number of rotatable bonds is 6. The van der Waals surface area contributed by atoms with Gasteiger partial charge in [-0.2, -0.15) is 0 Å². The van der Waals surface area contributed by atoms with Crippen molar-refractivity contribution in [3.8, 4) is 11.4 Å². The first-order valence-electron chi connectivity index (χ1n) is 11.9. The second kappa shape index (κ2) is 9.77. The van der Waals surface area contributed by atoms with E-state index < -0.39 is 0 Å². The van der Waals surface area contributed by atoms with Gasteiger partial charge in [0.1, 0.15) is 17.5 Å².